The summed E-state index contributed by atoms with van der Waals surface area (Å²) >= 11 is 0. The first-order chi connectivity index (χ1) is 9.88. The molecule has 1 heterocycles. The fourth-order valence-corrected chi connectivity index (χ4v) is 2.19. The number of aliphatic hydroxyl groups is 1. The summed E-state index contributed by atoms with van der Waals surface area (Å²) in [6.07, 6.45) is 1.86. The Kier molecular flexibility index (Phi) is 5.28. The fraction of sp³-hybridized carbons (Fsp3) is 0.125. The summed E-state index contributed by atoms with van der Waals surface area (Å²) < 4.78 is 1.71. The molecule has 0 fully saturated rings. The van der Waals surface area contributed by atoms with Crippen LogP contribution in [0.25, 0.3) is 11.3 Å². The minimum atomic E-state index is -0.207. The maximum atomic E-state index is 9.62. The summed E-state index contributed by atoms with van der Waals surface area (Å²) in [6, 6.07) is 19.5. The van der Waals surface area contributed by atoms with E-state index in [1.165, 1.54) is 0 Å². The average Bonchev–Trinajstić information content (AvgIpc) is 3.00. The monoisotopic (exact) mass is 328 g/mol. The van der Waals surface area contributed by atoms with E-state index in [0.717, 1.165) is 16.8 Å². The van der Waals surface area contributed by atoms with Gasteiger partial charge in [0.2, 0.25) is 0 Å². The van der Waals surface area contributed by atoms with Gasteiger partial charge in [-0.2, -0.15) is 0 Å². The second-order valence-corrected chi connectivity index (χ2v) is 4.56. The Morgan fingerprint density at radius 3 is 2.19 bits per heavy atom. The van der Waals surface area contributed by atoms with Crippen molar-refractivity contribution in [1.29, 1.82) is 0 Å². The fourth-order valence-electron chi connectivity index (χ4n) is 2.19. The van der Waals surface area contributed by atoms with Gasteiger partial charge in [0.25, 0.3) is 0 Å². The van der Waals surface area contributed by atoms with Gasteiger partial charge in [0, 0.05) is 22.6 Å². The van der Waals surface area contributed by atoms with E-state index in [4.69, 9.17) is 0 Å². The Morgan fingerprint density at radius 2 is 1.57 bits per heavy atom. The van der Waals surface area contributed by atoms with Gasteiger partial charge in [-0.1, -0.05) is 65.9 Å². The van der Waals surface area contributed by atoms with Crippen LogP contribution in [0.15, 0.2) is 66.9 Å². The summed E-state index contributed by atoms with van der Waals surface area (Å²) in [5, 5.41) is 18.0. The molecule has 111 valence electrons. The molecule has 1 unspecified atom stereocenters. The van der Waals surface area contributed by atoms with Gasteiger partial charge >= 0.3 is 0 Å². The molecular weight excluding hydrogens is 314 g/mol. The first-order valence-electron chi connectivity index (χ1n) is 6.51. The van der Waals surface area contributed by atoms with Crippen molar-refractivity contribution in [3.63, 3.8) is 0 Å². The van der Waals surface area contributed by atoms with Gasteiger partial charge in [-0.25, -0.2) is 4.68 Å². The van der Waals surface area contributed by atoms with Crippen molar-refractivity contribution < 1.29 is 22.2 Å². The van der Waals surface area contributed by atoms with Crippen molar-refractivity contribution in [2.75, 3.05) is 6.61 Å². The van der Waals surface area contributed by atoms with Crippen LogP contribution >= 0.6 is 0 Å². The second-order valence-electron chi connectivity index (χ2n) is 4.56. The molecule has 0 bridgehead atoms. The summed E-state index contributed by atoms with van der Waals surface area (Å²) in [7, 11) is 0. The Bertz CT molecular complexity index is 670. The molecule has 1 radical (unpaired) electrons. The molecule has 0 aliphatic heterocycles. The molecule has 0 saturated heterocycles. The van der Waals surface area contributed by atoms with Crippen LogP contribution in [0, 0.1) is 0 Å². The van der Waals surface area contributed by atoms with E-state index in [-0.39, 0.29) is 29.7 Å². The van der Waals surface area contributed by atoms with Crippen molar-refractivity contribution in [1.82, 2.24) is 15.0 Å². The van der Waals surface area contributed by atoms with Crippen molar-refractivity contribution in [2.45, 2.75) is 6.04 Å². The van der Waals surface area contributed by atoms with Crippen molar-refractivity contribution in [2.24, 2.45) is 0 Å². The molecule has 21 heavy (non-hydrogen) atoms. The molecular formula is C16H15CuN3O. The molecule has 0 aliphatic rings. The third-order valence-electron chi connectivity index (χ3n) is 3.26. The van der Waals surface area contributed by atoms with Crippen LogP contribution in [0.1, 0.15) is 11.6 Å². The Hall–Kier alpha value is -1.94. The zero-order valence-corrected chi connectivity index (χ0v) is 12.2. The summed E-state index contributed by atoms with van der Waals surface area (Å²) in [5.41, 5.74) is 2.84. The van der Waals surface area contributed by atoms with E-state index in [9.17, 15) is 5.11 Å². The van der Waals surface area contributed by atoms with Gasteiger partial charge in [-0.05, 0) is 5.56 Å². The second kappa shape index (κ2) is 7.18. The maximum Gasteiger partial charge on any atom is 0.113 e. The molecule has 2 aromatic carbocycles. The molecule has 0 aliphatic carbocycles. The topological polar surface area (TPSA) is 50.9 Å². The van der Waals surface area contributed by atoms with Crippen molar-refractivity contribution in [3.8, 4) is 11.3 Å². The average molecular weight is 329 g/mol. The van der Waals surface area contributed by atoms with Crippen LogP contribution in [0.4, 0.5) is 0 Å². The van der Waals surface area contributed by atoms with Crippen molar-refractivity contribution >= 4 is 0 Å². The molecule has 4 nitrogen and oxygen atoms in total. The van der Waals surface area contributed by atoms with Crippen molar-refractivity contribution in [3.05, 3.63) is 72.4 Å². The smallest absolute Gasteiger partial charge is 0.113 e. The first kappa shape index (κ1) is 15.4. The predicted molar refractivity (Wildman–Crippen MR) is 77.1 cm³/mol. The third-order valence-corrected chi connectivity index (χ3v) is 3.26. The summed E-state index contributed by atoms with van der Waals surface area (Å²) in [5.74, 6) is 0. The molecule has 3 rings (SSSR count). The number of aliphatic hydroxyl groups excluding tert-OH is 1. The normalized spacial score (nSPS) is 11.7. The van der Waals surface area contributed by atoms with E-state index in [1.54, 1.807) is 4.68 Å². The predicted octanol–water partition coefficient (Wildman–Crippen LogP) is 2.52. The van der Waals surface area contributed by atoms with E-state index < -0.39 is 0 Å². The van der Waals surface area contributed by atoms with Crippen LogP contribution in [-0.2, 0) is 17.1 Å². The molecule has 3 aromatic rings. The van der Waals surface area contributed by atoms with Crippen LogP contribution in [0.3, 0.4) is 0 Å². The van der Waals surface area contributed by atoms with E-state index in [0.29, 0.717) is 0 Å². The Morgan fingerprint density at radius 1 is 0.952 bits per heavy atom. The zero-order valence-electron chi connectivity index (χ0n) is 11.2. The number of rotatable bonds is 4. The van der Waals surface area contributed by atoms with Gasteiger partial charge in [0.15, 0.2) is 0 Å². The molecule has 0 saturated carbocycles. The minimum absolute atomic E-state index is 0. The quantitative estimate of drug-likeness (QED) is 0.749. The SMILES string of the molecule is OCC(c1ccccc1)n1cc(-c2ccccc2)nn1.[Cu]. The first-order valence-corrected chi connectivity index (χ1v) is 6.51. The number of hydrogen-bond acceptors (Lipinski definition) is 3. The van der Waals surface area contributed by atoms with E-state index in [2.05, 4.69) is 10.3 Å². The minimum Gasteiger partial charge on any atom is -0.394 e. The number of nitrogens with zero attached hydrogens (tertiary/aromatic N) is 3. The van der Waals surface area contributed by atoms with Crippen LogP contribution < -0.4 is 0 Å². The summed E-state index contributed by atoms with van der Waals surface area (Å²) in [4.78, 5) is 0. The summed E-state index contributed by atoms with van der Waals surface area (Å²) in [6.45, 7) is -0.0123. The Labute approximate surface area is 133 Å². The molecule has 1 N–H and O–H groups in total. The molecule has 5 heteroatoms. The Balaban J connectivity index is 0.00000161. The van der Waals surface area contributed by atoms with Gasteiger partial charge < -0.3 is 5.11 Å². The van der Waals surface area contributed by atoms with Crippen LogP contribution in [0.5, 0.6) is 0 Å². The zero-order chi connectivity index (χ0) is 13.8. The van der Waals surface area contributed by atoms with E-state index >= 15 is 0 Å². The maximum absolute atomic E-state index is 9.62. The van der Waals surface area contributed by atoms with Gasteiger partial charge in [0.05, 0.1) is 12.8 Å². The van der Waals surface area contributed by atoms with Crippen LogP contribution in [-0.4, -0.2) is 26.7 Å². The van der Waals surface area contributed by atoms with Gasteiger partial charge in [-0.15, -0.1) is 5.10 Å². The number of hydrogen-bond donors (Lipinski definition) is 1. The molecule has 0 amide bonds. The largest absolute Gasteiger partial charge is 0.394 e. The molecule has 1 atom stereocenters. The molecule has 1 aromatic heterocycles. The number of aromatic nitrogens is 3. The van der Waals surface area contributed by atoms with Crippen LogP contribution in [0.2, 0.25) is 0 Å². The standard InChI is InChI=1S/C16H15N3O.Cu/c20-12-16(14-9-5-2-6-10-14)19-11-15(17-18-19)13-7-3-1-4-8-13;/h1-11,16,20H,12H2;. The van der Waals surface area contributed by atoms with E-state index in [1.807, 2.05) is 66.9 Å². The molecule has 0 spiro atoms. The van der Waals surface area contributed by atoms with Gasteiger partial charge in [-0.3, -0.25) is 0 Å². The number of benzene rings is 2. The van der Waals surface area contributed by atoms with Gasteiger partial charge in [0.1, 0.15) is 11.7 Å². The third kappa shape index (κ3) is 3.39.